The topological polar surface area (TPSA) is 80.6 Å². The van der Waals surface area contributed by atoms with Gasteiger partial charge in [-0.1, -0.05) is 41.6 Å². The Morgan fingerprint density at radius 1 is 1.03 bits per heavy atom. The van der Waals surface area contributed by atoms with E-state index in [0.717, 1.165) is 47.2 Å². The standard InChI is InChI=1S/C26H22N4O2S2/c1-15-10-12-16(13-11-15)30-25(32)22-18-7-3-5-9-20(18)34-24(22)29-26(30)33-14-21-27-19-8-4-2-6-17(19)23(31)28-21/h2,4,6,8,10-13H,3,5,7,9,14H2,1H3,(H,27,28,31). The molecule has 170 valence electrons. The summed E-state index contributed by atoms with van der Waals surface area (Å²) in [5.74, 6) is 0.957. The van der Waals surface area contributed by atoms with Crippen LogP contribution in [0, 0.1) is 6.92 Å². The molecule has 0 amide bonds. The number of hydrogen-bond donors (Lipinski definition) is 1. The summed E-state index contributed by atoms with van der Waals surface area (Å²) >= 11 is 3.07. The smallest absolute Gasteiger partial charge is 0.267 e. The third-order valence-electron chi connectivity index (χ3n) is 6.25. The normalized spacial score (nSPS) is 13.4. The number of aromatic nitrogens is 4. The van der Waals surface area contributed by atoms with E-state index in [0.29, 0.717) is 27.6 Å². The Morgan fingerprint density at radius 3 is 2.68 bits per heavy atom. The van der Waals surface area contributed by atoms with Gasteiger partial charge in [0.2, 0.25) is 0 Å². The minimum atomic E-state index is -0.161. The summed E-state index contributed by atoms with van der Waals surface area (Å²) in [5.41, 5.74) is 3.59. The number of nitrogens with zero attached hydrogens (tertiary/aromatic N) is 3. The van der Waals surface area contributed by atoms with Crippen molar-refractivity contribution in [3.63, 3.8) is 0 Å². The molecular weight excluding hydrogens is 464 g/mol. The van der Waals surface area contributed by atoms with Crippen molar-refractivity contribution < 1.29 is 0 Å². The van der Waals surface area contributed by atoms with Gasteiger partial charge < -0.3 is 4.98 Å². The molecule has 3 heterocycles. The van der Waals surface area contributed by atoms with Crippen LogP contribution >= 0.6 is 23.1 Å². The van der Waals surface area contributed by atoms with Crippen molar-refractivity contribution in [2.24, 2.45) is 0 Å². The van der Waals surface area contributed by atoms with E-state index in [-0.39, 0.29) is 11.1 Å². The second kappa shape index (κ2) is 8.52. The van der Waals surface area contributed by atoms with Crippen LogP contribution in [0.3, 0.4) is 0 Å². The number of thioether (sulfide) groups is 1. The summed E-state index contributed by atoms with van der Waals surface area (Å²) in [6, 6.07) is 15.2. The van der Waals surface area contributed by atoms with Gasteiger partial charge in [-0.25, -0.2) is 9.97 Å². The maximum absolute atomic E-state index is 13.9. The Bertz CT molecular complexity index is 1670. The van der Waals surface area contributed by atoms with E-state index in [1.165, 1.54) is 22.2 Å². The highest BCUT2D eigenvalue weighted by Gasteiger charge is 2.23. The van der Waals surface area contributed by atoms with Gasteiger partial charge in [-0.2, -0.15) is 0 Å². The maximum Gasteiger partial charge on any atom is 0.267 e. The van der Waals surface area contributed by atoms with Crippen molar-refractivity contribution in [2.75, 3.05) is 0 Å². The van der Waals surface area contributed by atoms with E-state index in [2.05, 4.69) is 9.97 Å². The molecule has 0 radical (unpaired) electrons. The molecular formula is C26H22N4O2S2. The van der Waals surface area contributed by atoms with Crippen molar-refractivity contribution in [2.45, 2.75) is 43.5 Å². The van der Waals surface area contributed by atoms with Crippen LogP contribution in [0.4, 0.5) is 0 Å². The van der Waals surface area contributed by atoms with Crippen LogP contribution in [-0.4, -0.2) is 19.5 Å². The average molecular weight is 487 g/mol. The second-order valence-corrected chi connectivity index (χ2v) is 10.6. The highest BCUT2D eigenvalue weighted by atomic mass is 32.2. The molecule has 34 heavy (non-hydrogen) atoms. The molecule has 0 spiro atoms. The highest BCUT2D eigenvalue weighted by molar-refractivity contribution is 7.98. The zero-order chi connectivity index (χ0) is 23.2. The van der Waals surface area contributed by atoms with E-state index in [4.69, 9.17) is 4.98 Å². The van der Waals surface area contributed by atoms with Gasteiger partial charge in [-0.05, 0) is 62.4 Å². The Balaban J connectivity index is 1.48. The van der Waals surface area contributed by atoms with Crippen molar-refractivity contribution in [3.8, 4) is 5.69 Å². The first kappa shape index (κ1) is 21.3. The number of benzene rings is 2. The molecule has 1 aliphatic rings. The van der Waals surface area contributed by atoms with Crippen LogP contribution in [0.1, 0.15) is 34.7 Å². The number of aryl methyl sites for hydroxylation is 3. The number of nitrogens with one attached hydrogen (secondary N) is 1. The number of fused-ring (bicyclic) bond motifs is 4. The summed E-state index contributed by atoms with van der Waals surface area (Å²) in [5, 5.41) is 1.94. The third kappa shape index (κ3) is 3.67. The number of para-hydroxylation sites is 1. The third-order valence-corrected chi connectivity index (χ3v) is 8.39. The summed E-state index contributed by atoms with van der Waals surface area (Å²) in [4.78, 5) is 40.9. The van der Waals surface area contributed by atoms with E-state index in [9.17, 15) is 9.59 Å². The zero-order valence-corrected chi connectivity index (χ0v) is 20.3. The van der Waals surface area contributed by atoms with Gasteiger partial charge in [-0.3, -0.25) is 14.2 Å². The molecule has 2 aromatic carbocycles. The number of thiophene rings is 1. The molecule has 6 rings (SSSR count). The molecule has 8 heteroatoms. The molecule has 0 fully saturated rings. The molecule has 0 atom stereocenters. The average Bonchev–Trinajstić information content (AvgIpc) is 3.22. The SMILES string of the molecule is Cc1ccc(-n2c(SCc3nc4ccccc4c(=O)[nH]3)nc3sc4c(c3c2=O)CCCC4)cc1. The van der Waals surface area contributed by atoms with Crippen LogP contribution in [0.5, 0.6) is 0 Å². The Kier molecular flexibility index (Phi) is 5.34. The largest absolute Gasteiger partial charge is 0.309 e. The van der Waals surface area contributed by atoms with Gasteiger partial charge in [-0.15, -0.1) is 11.3 Å². The lowest BCUT2D eigenvalue weighted by Gasteiger charge is -2.14. The molecule has 3 aromatic heterocycles. The van der Waals surface area contributed by atoms with Crippen molar-refractivity contribution in [3.05, 3.63) is 91.1 Å². The monoisotopic (exact) mass is 486 g/mol. The first-order chi connectivity index (χ1) is 16.6. The quantitative estimate of drug-likeness (QED) is 0.280. The lowest BCUT2D eigenvalue weighted by Crippen LogP contribution is -2.22. The van der Waals surface area contributed by atoms with Gasteiger partial charge in [0.25, 0.3) is 11.1 Å². The number of rotatable bonds is 4. The second-order valence-electron chi connectivity index (χ2n) is 8.58. The highest BCUT2D eigenvalue weighted by Crippen LogP contribution is 2.35. The molecule has 1 aliphatic carbocycles. The molecule has 0 aliphatic heterocycles. The molecule has 5 aromatic rings. The lowest BCUT2D eigenvalue weighted by atomic mass is 9.97. The fourth-order valence-electron chi connectivity index (χ4n) is 4.54. The molecule has 0 bridgehead atoms. The van der Waals surface area contributed by atoms with Crippen molar-refractivity contribution >= 4 is 44.2 Å². The first-order valence-electron chi connectivity index (χ1n) is 11.3. The van der Waals surface area contributed by atoms with Crippen molar-refractivity contribution in [1.82, 2.24) is 19.5 Å². The van der Waals surface area contributed by atoms with E-state index in [1.54, 1.807) is 22.0 Å². The maximum atomic E-state index is 13.9. The van der Waals surface area contributed by atoms with E-state index < -0.39 is 0 Å². The molecule has 0 saturated carbocycles. The lowest BCUT2D eigenvalue weighted by molar-refractivity contribution is 0.699. The predicted molar refractivity (Wildman–Crippen MR) is 139 cm³/mol. The summed E-state index contributed by atoms with van der Waals surface area (Å²) in [6.45, 7) is 2.03. The van der Waals surface area contributed by atoms with Crippen LogP contribution in [0.2, 0.25) is 0 Å². The minimum Gasteiger partial charge on any atom is -0.309 e. The molecule has 6 nitrogen and oxygen atoms in total. The Morgan fingerprint density at radius 2 is 1.82 bits per heavy atom. The van der Waals surface area contributed by atoms with Crippen LogP contribution < -0.4 is 11.1 Å². The minimum absolute atomic E-state index is 0.0179. The Hall–Kier alpha value is -3.23. The van der Waals surface area contributed by atoms with Crippen LogP contribution in [-0.2, 0) is 18.6 Å². The number of hydrogen-bond acceptors (Lipinski definition) is 6. The van der Waals surface area contributed by atoms with Crippen molar-refractivity contribution in [1.29, 1.82) is 0 Å². The van der Waals surface area contributed by atoms with Gasteiger partial charge >= 0.3 is 0 Å². The molecule has 1 N–H and O–H groups in total. The molecule has 0 saturated heterocycles. The van der Waals surface area contributed by atoms with E-state index in [1.807, 2.05) is 49.4 Å². The van der Waals surface area contributed by atoms with E-state index >= 15 is 0 Å². The van der Waals surface area contributed by atoms with Crippen LogP contribution in [0.25, 0.3) is 26.8 Å². The van der Waals surface area contributed by atoms with Gasteiger partial charge in [0.15, 0.2) is 5.16 Å². The van der Waals surface area contributed by atoms with Gasteiger partial charge in [0, 0.05) is 4.88 Å². The fourth-order valence-corrected chi connectivity index (χ4v) is 6.73. The van der Waals surface area contributed by atoms with Gasteiger partial charge in [0.05, 0.1) is 27.7 Å². The fraction of sp³-hybridized carbons (Fsp3) is 0.231. The molecule has 0 unspecified atom stereocenters. The van der Waals surface area contributed by atoms with Crippen LogP contribution in [0.15, 0.2) is 63.3 Å². The predicted octanol–water partition coefficient (Wildman–Crippen LogP) is 5.16. The first-order valence-corrected chi connectivity index (χ1v) is 13.1. The Labute approximate surface area is 203 Å². The zero-order valence-electron chi connectivity index (χ0n) is 18.6. The van der Waals surface area contributed by atoms with Gasteiger partial charge in [0.1, 0.15) is 10.7 Å². The summed E-state index contributed by atoms with van der Waals surface area (Å²) in [6.07, 6.45) is 4.23. The summed E-state index contributed by atoms with van der Waals surface area (Å²) in [7, 11) is 0. The summed E-state index contributed by atoms with van der Waals surface area (Å²) < 4.78 is 1.72. The number of H-pyrrole nitrogens is 1. The number of aromatic amines is 1.